The molecule has 0 aliphatic carbocycles. The molecule has 2 amide bonds. The predicted octanol–water partition coefficient (Wildman–Crippen LogP) is 2.25. The number of nitrogens with zero attached hydrogens (tertiary/aromatic N) is 4. The first kappa shape index (κ1) is 19.1. The van der Waals surface area contributed by atoms with Crippen LogP contribution in [0.2, 0.25) is 0 Å². The molecule has 1 atom stereocenters. The van der Waals surface area contributed by atoms with E-state index in [9.17, 15) is 9.59 Å². The van der Waals surface area contributed by atoms with Crippen molar-refractivity contribution in [3.63, 3.8) is 0 Å². The summed E-state index contributed by atoms with van der Waals surface area (Å²) < 4.78 is 1.67. The zero-order valence-corrected chi connectivity index (χ0v) is 16.0. The maximum atomic E-state index is 12.4. The summed E-state index contributed by atoms with van der Waals surface area (Å²) in [5.74, 6) is 0.308. The van der Waals surface area contributed by atoms with Crippen molar-refractivity contribution < 1.29 is 9.59 Å². The molecule has 1 aromatic carbocycles. The highest BCUT2D eigenvalue weighted by Gasteiger charge is 2.29. The molecule has 0 saturated carbocycles. The summed E-state index contributed by atoms with van der Waals surface area (Å²) in [6.45, 7) is 5.94. The molecule has 1 fully saturated rings. The first-order chi connectivity index (χ1) is 13.0. The van der Waals surface area contributed by atoms with Gasteiger partial charge >= 0.3 is 0 Å². The third-order valence-electron chi connectivity index (χ3n) is 4.75. The Morgan fingerprint density at radius 1 is 1.26 bits per heavy atom. The topological polar surface area (TPSA) is 80.1 Å². The van der Waals surface area contributed by atoms with Gasteiger partial charge in [-0.05, 0) is 24.3 Å². The Hall–Kier alpha value is -2.70. The Kier molecular flexibility index (Phi) is 6.21. The zero-order valence-electron chi connectivity index (χ0n) is 16.0. The molecular formula is C20H27N5O2. The van der Waals surface area contributed by atoms with Gasteiger partial charge in [0.2, 0.25) is 5.91 Å². The van der Waals surface area contributed by atoms with Crippen LogP contribution >= 0.6 is 0 Å². The highest BCUT2D eigenvalue weighted by atomic mass is 16.2. The lowest BCUT2D eigenvalue weighted by Gasteiger charge is -2.25. The highest BCUT2D eigenvalue weighted by molar-refractivity contribution is 5.91. The molecule has 0 unspecified atom stereocenters. The minimum absolute atomic E-state index is 0.123. The first-order valence-electron chi connectivity index (χ1n) is 9.54. The van der Waals surface area contributed by atoms with Crippen molar-refractivity contribution in [1.29, 1.82) is 0 Å². The average molecular weight is 369 g/mol. The van der Waals surface area contributed by atoms with Crippen molar-refractivity contribution >= 4 is 11.8 Å². The summed E-state index contributed by atoms with van der Waals surface area (Å²) in [7, 11) is 0. The van der Waals surface area contributed by atoms with Gasteiger partial charge in [0, 0.05) is 19.5 Å². The van der Waals surface area contributed by atoms with Crippen molar-refractivity contribution in [2.75, 3.05) is 6.54 Å². The highest BCUT2D eigenvalue weighted by Crippen LogP contribution is 2.21. The van der Waals surface area contributed by atoms with E-state index in [0.29, 0.717) is 31.1 Å². The SMILES string of the molecule is CC(C)CC(=O)N1CCC[C@H]1Cn1cc(C(=O)NCc2ccccc2)nn1. The molecule has 144 valence electrons. The molecular weight excluding hydrogens is 342 g/mol. The number of amides is 2. The zero-order chi connectivity index (χ0) is 19.2. The van der Waals surface area contributed by atoms with Gasteiger partial charge in [-0.3, -0.25) is 9.59 Å². The second-order valence-corrected chi connectivity index (χ2v) is 7.48. The minimum atomic E-state index is -0.246. The number of rotatable bonds is 7. The van der Waals surface area contributed by atoms with E-state index in [0.717, 1.165) is 24.9 Å². The van der Waals surface area contributed by atoms with E-state index in [2.05, 4.69) is 29.5 Å². The van der Waals surface area contributed by atoms with Gasteiger partial charge in [-0.2, -0.15) is 0 Å². The van der Waals surface area contributed by atoms with Crippen LogP contribution in [0.25, 0.3) is 0 Å². The molecule has 1 aliphatic heterocycles. The number of carbonyl (C=O) groups excluding carboxylic acids is 2. The van der Waals surface area contributed by atoms with E-state index in [-0.39, 0.29) is 17.9 Å². The molecule has 7 nitrogen and oxygen atoms in total. The molecule has 1 saturated heterocycles. The molecule has 0 radical (unpaired) electrons. The fourth-order valence-electron chi connectivity index (χ4n) is 3.40. The van der Waals surface area contributed by atoms with Crippen LogP contribution in [0.5, 0.6) is 0 Å². The quantitative estimate of drug-likeness (QED) is 0.812. The Balaban J connectivity index is 1.55. The summed E-state index contributed by atoms with van der Waals surface area (Å²) in [4.78, 5) is 26.6. The molecule has 0 spiro atoms. The summed E-state index contributed by atoms with van der Waals surface area (Å²) in [5, 5.41) is 10.9. The fourth-order valence-corrected chi connectivity index (χ4v) is 3.40. The normalized spacial score (nSPS) is 16.7. The smallest absolute Gasteiger partial charge is 0.273 e. The summed E-state index contributed by atoms with van der Waals surface area (Å²) in [6.07, 6.45) is 4.19. The van der Waals surface area contributed by atoms with Crippen molar-refractivity contribution in [2.24, 2.45) is 5.92 Å². The van der Waals surface area contributed by atoms with Crippen molar-refractivity contribution in [2.45, 2.75) is 52.2 Å². The molecule has 7 heteroatoms. The maximum absolute atomic E-state index is 12.4. The van der Waals surface area contributed by atoms with E-state index < -0.39 is 0 Å². The van der Waals surface area contributed by atoms with Gasteiger partial charge in [-0.1, -0.05) is 49.4 Å². The van der Waals surface area contributed by atoms with Crippen molar-refractivity contribution in [3.8, 4) is 0 Å². The fraction of sp³-hybridized carbons (Fsp3) is 0.500. The molecule has 2 heterocycles. The van der Waals surface area contributed by atoms with E-state index >= 15 is 0 Å². The molecule has 1 aromatic heterocycles. The van der Waals surface area contributed by atoms with Crippen LogP contribution in [0.1, 0.15) is 49.2 Å². The second-order valence-electron chi connectivity index (χ2n) is 7.48. The largest absolute Gasteiger partial charge is 0.347 e. The van der Waals surface area contributed by atoms with Crippen LogP contribution in [0.4, 0.5) is 0 Å². The maximum Gasteiger partial charge on any atom is 0.273 e. The van der Waals surface area contributed by atoms with Crippen molar-refractivity contribution in [1.82, 2.24) is 25.2 Å². The Morgan fingerprint density at radius 2 is 2.04 bits per heavy atom. The second kappa shape index (κ2) is 8.79. The van der Waals surface area contributed by atoms with Gasteiger partial charge in [-0.25, -0.2) is 4.68 Å². The van der Waals surface area contributed by atoms with E-state index in [4.69, 9.17) is 0 Å². The molecule has 0 bridgehead atoms. The Labute approximate surface area is 159 Å². The van der Waals surface area contributed by atoms with Gasteiger partial charge in [-0.15, -0.1) is 5.10 Å². The van der Waals surface area contributed by atoms with Gasteiger partial charge in [0.1, 0.15) is 0 Å². The first-order valence-corrected chi connectivity index (χ1v) is 9.54. The van der Waals surface area contributed by atoms with Crippen LogP contribution < -0.4 is 5.32 Å². The lowest BCUT2D eigenvalue weighted by molar-refractivity contribution is -0.133. The van der Waals surface area contributed by atoms with Gasteiger partial charge < -0.3 is 10.2 Å². The average Bonchev–Trinajstić information content (AvgIpc) is 3.30. The molecule has 1 N–H and O–H groups in total. The van der Waals surface area contributed by atoms with Crippen LogP contribution in [0.15, 0.2) is 36.5 Å². The number of hydrogen-bond acceptors (Lipinski definition) is 4. The monoisotopic (exact) mass is 369 g/mol. The Bertz CT molecular complexity index is 772. The summed E-state index contributed by atoms with van der Waals surface area (Å²) in [5.41, 5.74) is 1.33. The standard InChI is InChI=1S/C20H27N5O2/c1-15(2)11-19(26)25-10-6-9-17(25)13-24-14-18(22-23-24)20(27)21-12-16-7-4-3-5-8-16/h3-5,7-8,14-15,17H,6,9-13H2,1-2H3,(H,21,27)/t17-/m0/s1. The van der Waals surface area contributed by atoms with E-state index in [1.54, 1.807) is 10.9 Å². The minimum Gasteiger partial charge on any atom is -0.347 e. The summed E-state index contributed by atoms with van der Waals surface area (Å²) in [6, 6.07) is 9.85. The van der Waals surface area contributed by atoms with Gasteiger partial charge in [0.05, 0.1) is 18.8 Å². The van der Waals surface area contributed by atoms with Crippen LogP contribution in [-0.4, -0.2) is 44.3 Å². The van der Waals surface area contributed by atoms with E-state index in [1.807, 2.05) is 35.2 Å². The van der Waals surface area contributed by atoms with Crippen LogP contribution in [0, 0.1) is 5.92 Å². The number of nitrogens with one attached hydrogen (secondary N) is 1. The summed E-state index contributed by atoms with van der Waals surface area (Å²) >= 11 is 0. The number of carbonyl (C=O) groups is 2. The molecule has 1 aliphatic rings. The van der Waals surface area contributed by atoms with Crippen LogP contribution in [0.3, 0.4) is 0 Å². The van der Waals surface area contributed by atoms with Gasteiger partial charge in [0.15, 0.2) is 5.69 Å². The predicted molar refractivity (Wildman–Crippen MR) is 102 cm³/mol. The van der Waals surface area contributed by atoms with Crippen molar-refractivity contribution in [3.05, 3.63) is 47.8 Å². The lowest BCUT2D eigenvalue weighted by Crippen LogP contribution is -2.38. The molecule has 2 aromatic rings. The molecule has 3 rings (SSSR count). The van der Waals surface area contributed by atoms with Gasteiger partial charge in [0.25, 0.3) is 5.91 Å². The third kappa shape index (κ3) is 5.15. The number of aromatic nitrogens is 3. The number of benzene rings is 1. The molecule has 27 heavy (non-hydrogen) atoms. The lowest BCUT2D eigenvalue weighted by atomic mass is 10.1. The third-order valence-corrected chi connectivity index (χ3v) is 4.75. The van der Waals surface area contributed by atoms with E-state index in [1.165, 1.54) is 0 Å². The number of hydrogen-bond donors (Lipinski definition) is 1. The number of likely N-dealkylation sites (tertiary alicyclic amines) is 1. The van der Waals surface area contributed by atoms with Crippen LogP contribution in [-0.2, 0) is 17.9 Å². The Morgan fingerprint density at radius 3 is 2.78 bits per heavy atom.